The molecule has 0 bridgehead atoms. The van der Waals surface area contributed by atoms with Gasteiger partial charge in [-0.3, -0.25) is 14.4 Å². The van der Waals surface area contributed by atoms with Crippen molar-refractivity contribution in [1.29, 1.82) is 15.8 Å². The predicted molar refractivity (Wildman–Crippen MR) is 464 cm³/mol. The zero-order valence-corrected chi connectivity index (χ0v) is 71.6. The molecule has 16 N–H and O–H groups in total. The van der Waals surface area contributed by atoms with Crippen LogP contribution >= 0.6 is 69.4 Å². The molecule has 117 heavy (non-hydrogen) atoms. The van der Waals surface area contributed by atoms with Crippen molar-refractivity contribution in [3.8, 4) is 18.2 Å². The molecule has 3 amide bonds. The van der Waals surface area contributed by atoms with E-state index in [1.165, 1.54) is 105 Å². The van der Waals surface area contributed by atoms with Crippen LogP contribution < -0.4 is 70.4 Å². The van der Waals surface area contributed by atoms with Crippen LogP contribution in [0.5, 0.6) is 0 Å². The first-order valence-electron chi connectivity index (χ1n) is 39.0. The van der Waals surface area contributed by atoms with Gasteiger partial charge >= 0.3 is 0 Å². The van der Waals surface area contributed by atoms with Gasteiger partial charge in [-0.1, -0.05) is 55.6 Å². The molecule has 0 saturated heterocycles. The maximum atomic E-state index is 12.6. The van der Waals surface area contributed by atoms with Gasteiger partial charge in [0.1, 0.15) is 61.6 Å². The van der Waals surface area contributed by atoms with Crippen molar-refractivity contribution in [2.45, 2.75) is 212 Å². The fourth-order valence-electron chi connectivity index (χ4n) is 13.4. The molecule has 5 aliphatic carbocycles. The monoisotopic (exact) mass is 1710 g/mol. The number of rotatable bonds is 19. The number of nitrogens with two attached hydrogens (primary N) is 4. The number of hydrogen-bond acceptors (Lipinski definition) is 32. The molecule has 5 aliphatic rings. The SMILES string of the molecule is CC1CCC(N)CC1.CC1CCC(Nc2cnc(C#N)c(Cl)n2)CC1.Cc1cc(Nc2nc(NC3CCC(C)CC3)cnc2C#N)sn1.Cc1cc(Nc2nc(NC3CCC(N)CC3)cnc2C(N)=O)sn1.Cc1cc(Nc2nc(NC3CCC(NC(=O)c4ccc(N(C)C)cc4)CC3)cnc2C(N)=O)sn1.N#Cc1ncc(Cl)nc1Cl. The Hall–Kier alpha value is -10.4. The van der Waals surface area contributed by atoms with Crippen molar-refractivity contribution in [1.82, 2.24) is 68.3 Å². The summed E-state index contributed by atoms with van der Waals surface area (Å²) >= 11 is 20.6. The van der Waals surface area contributed by atoms with E-state index in [1.54, 1.807) is 18.5 Å². The molecule has 0 radical (unpaired) electrons. The minimum absolute atomic E-state index is 0.0370. The fourth-order valence-corrected chi connectivity index (χ4v) is 15.9. The van der Waals surface area contributed by atoms with Crippen LogP contribution in [0.2, 0.25) is 15.5 Å². The zero-order chi connectivity index (χ0) is 84.1. The summed E-state index contributed by atoms with van der Waals surface area (Å²) in [5.41, 5.74) is 27.7. The van der Waals surface area contributed by atoms with Crippen LogP contribution in [0.4, 0.5) is 61.4 Å². The van der Waals surface area contributed by atoms with E-state index in [1.807, 2.05) is 88.3 Å². The van der Waals surface area contributed by atoms with E-state index in [-0.39, 0.29) is 62.3 Å². The highest BCUT2D eigenvalue weighted by molar-refractivity contribution is 7.10. The lowest BCUT2D eigenvalue weighted by atomic mass is 9.87. The summed E-state index contributed by atoms with van der Waals surface area (Å²) in [4.78, 5) is 79.4. The Morgan fingerprint density at radius 2 is 0.761 bits per heavy atom. The molecule has 14 rings (SSSR count). The minimum atomic E-state index is -0.652. The van der Waals surface area contributed by atoms with E-state index in [0.717, 1.165) is 133 Å². The van der Waals surface area contributed by atoms with Gasteiger partial charge in [-0.05, 0) is 244 Å². The Labute approximate surface area is 709 Å². The van der Waals surface area contributed by atoms with E-state index in [2.05, 4.69) is 132 Å². The van der Waals surface area contributed by atoms with Crippen LogP contribution in [0, 0.1) is 72.5 Å². The maximum Gasteiger partial charge on any atom is 0.271 e. The second kappa shape index (κ2) is 45.3. The van der Waals surface area contributed by atoms with Gasteiger partial charge in [-0.25, -0.2) is 49.8 Å². The fraction of sp³-hybridized carbons (Fsp3) is 0.481. The van der Waals surface area contributed by atoms with Gasteiger partial charge in [-0.2, -0.15) is 28.9 Å². The number of nitriles is 3. The molecule has 0 aliphatic heterocycles. The quantitative estimate of drug-likeness (QED) is 0.0358. The highest BCUT2D eigenvalue weighted by Gasteiger charge is 2.27. The molecule has 8 aromatic heterocycles. The molecule has 0 spiro atoms. The molecular weight excluding hydrogens is 1610 g/mol. The van der Waals surface area contributed by atoms with Crippen molar-refractivity contribution < 1.29 is 14.4 Å². The minimum Gasteiger partial charge on any atom is -0.378 e. The van der Waals surface area contributed by atoms with Gasteiger partial charge in [-0.15, -0.1) is 0 Å². The summed E-state index contributed by atoms with van der Waals surface area (Å²) in [5, 5.41) is 55.1. The number of aryl methyl sites for hydroxylation is 3. The summed E-state index contributed by atoms with van der Waals surface area (Å²) in [6.45, 7) is 12.6. The van der Waals surface area contributed by atoms with Crippen molar-refractivity contribution in [2.75, 3.05) is 56.2 Å². The van der Waals surface area contributed by atoms with Gasteiger partial charge in [0.05, 0.1) is 48.1 Å². The third-order valence-electron chi connectivity index (χ3n) is 20.1. The number of halogens is 3. The predicted octanol–water partition coefficient (Wildman–Crippen LogP) is 15.1. The Balaban J connectivity index is 0.000000169. The molecule has 5 saturated carbocycles. The normalized spacial score (nSPS) is 20.5. The molecule has 0 unspecified atom stereocenters. The number of carbonyl (C=O) groups excluding carboxylic acids is 3. The molecule has 8 heterocycles. The summed E-state index contributed by atoms with van der Waals surface area (Å²) < 4.78 is 12.6. The van der Waals surface area contributed by atoms with Crippen LogP contribution in [0.3, 0.4) is 0 Å². The second-order valence-corrected chi connectivity index (χ2v) is 33.6. The first-order valence-corrected chi connectivity index (χ1v) is 42.5. The molecular formula is C79H102Cl3N29O3S3. The number of hydrogen-bond donors (Lipinski definition) is 12. The van der Waals surface area contributed by atoms with Crippen LogP contribution in [0.1, 0.15) is 215 Å². The second-order valence-electron chi connectivity index (χ2n) is 30.1. The number of carbonyl (C=O) groups is 3. The molecule has 38 heteroatoms. The first-order chi connectivity index (χ1) is 56.1. The third-order valence-corrected chi connectivity index (χ3v) is 23.2. The van der Waals surface area contributed by atoms with Gasteiger partial charge in [0.15, 0.2) is 56.2 Å². The standard InChI is InChI=1S/C24H30N8O2S.C16H20N6S.C15H21N7OS.C12H15ClN4.C7H15N.C5HCl2N3/c1-14-12-20(35-31-14)30-23-21(22(25)33)26-13-19(29-23)27-16-6-8-17(9-7-16)28-24(34)15-4-10-18(11-5-15)32(2)3;1-10-3-5-12(6-4-10)19-14-9-18-13(8-17)16(20-14)21-15-7-11(2)22-23-15;1-8-6-12(24-22-8)21-15-13(14(17)23)18-7-11(20-15)19-10-4-2-9(16)3-5-10;1-8-2-4-9(5-3-8)16-11-7-15-10(6-14)12(13)17-11;1-6-2-4-7(8)5-3-6;6-4-2-9-3(1-8)5(7)10-4/h4-5,10-13,16-17H,6-9H2,1-3H3,(H2,25,33)(H,28,34)(H2,27,29,30);7,9-10,12H,3-6H2,1-2H3,(H2,19,20,21);6-7,9-10H,2-5,16H2,1H3,(H2,17,23)(H2,19,20,21);7-9H,2-5H2,1H3,(H,16,17);6-7H,2-5,8H2,1H3;2H. The van der Waals surface area contributed by atoms with Gasteiger partial charge in [0.2, 0.25) is 0 Å². The van der Waals surface area contributed by atoms with E-state index in [9.17, 15) is 19.6 Å². The summed E-state index contributed by atoms with van der Waals surface area (Å²) in [6.07, 6.45) is 29.8. The smallest absolute Gasteiger partial charge is 0.271 e. The van der Waals surface area contributed by atoms with Crippen molar-refractivity contribution in [2.24, 2.45) is 40.7 Å². The van der Waals surface area contributed by atoms with E-state index in [0.29, 0.717) is 76.1 Å². The van der Waals surface area contributed by atoms with Crippen LogP contribution in [-0.4, -0.2) is 137 Å². The topological polar surface area (TPSA) is 494 Å². The molecule has 620 valence electrons. The Kier molecular flexibility index (Phi) is 35.1. The number of benzene rings is 1. The molecule has 32 nitrogen and oxygen atoms in total. The lowest BCUT2D eigenvalue weighted by Crippen LogP contribution is -2.40. The van der Waals surface area contributed by atoms with E-state index >= 15 is 0 Å². The Bertz CT molecular complexity index is 4830. The number of amides is 3. The van der Waals surface area contributed by atoms with Crippen LogP contribution in [0.15, 0.2) is 73.4 Å². The summed E-state index contributed by atoms with van der Waals surface area (Å²) in [7, 11) is 3.94. The average molecular weight is 1710 g/mol. The lowest BCUT2D eigenvalue weighted by Gasteiger charge is -2.30. The third kappa shape index (κ3) is 29.6. The van der Waals surface area contributed by atoms with Crippen molar-refractivity contribution in [3.05, 3.63) is 140 Å². The molecule has 0 atom stereocenters. The largest absolute Gasteiger partial charge is 0.378 e. The summed E-state index contributed by atoms with van der Waals surface area (Å²) in [6, 6.07) is 21.3. The number of nitrogens with zero attached hydrogens (tertiary/aromatic N) is 17. The lowest BCUT2D eigenvalue weighted by molar-refractivity contribution is 0.0924. The average Bonchev–Trinajstić information content (AvgIpc) is 1.84. The van der Waals surface area contributed by atoms with Crippen LogP contribution in [-0.2, 0) is 0 Å². The molecule has 9 aromatic rings. The number of anilines is 11. The number of nitrogens with one attached hydrogen (secondary N) is 8. The van der Waals surface area contributed by atoms with Crippen molar-refractivity contribution in [3.63, 3.8) is 0 Å². The highest BCUT2D eigenvalue weighted by atomic mass is 35.5. The van der Waals surface area contributed by atoms with Gasteiger partial charge < -0.3 is 70.4 Å². The van der Waals surface area contributed by atoms with Crippen LogP contribution in [0.25, 0.3) is 0 Å². The maximum absolute atomic E-state index is 12.6. The van der Waals surface area contributed by atoms with E-state index in [4.69, 9.17) is 68.3 Å². The van der Waals surface area contributed by atoms with E-state index < -0.39 is 11.8 Å². The molecule has 5 fully saturated rings. The molecule has 1 aromatic carbocycles. The Morgan fingerprint density at radius 1 is 0.436 bits per heavy atom. The van der Waals surface area contributed by atoms with Gasteiger partial charge in [0.25, 0.3) is 17.7 Å². The highest BCUT2D eigenvalue weighted by Crippen LogP contribution is 2.32. The van der Waals surface area contributed by atoms with Crippen molar-refractivity contribution >= 4 is 149 Å². The summed E-state index contributed by atoms with van der Waals surface area (Å²) in [5.74, 6) is 4.92. The number of aromatic nitrogens is 13. The first kappa shape index (κ1) is 90.5. The number of primary amides is 2. The Morgan fingerprint density at radius 3 is 1.12 bits per heavy atom. The zero-order valence-electron chi connectivity index (χ0n) is 66.8. The van der Waals surface area contributed by atoms with Gasteiger partial charge in [0, 0.05) is 67.6 Å².